The number of nitrogens with zero attached hydrogens (tertiary/aromatic N) is 6. The fourth-order valence-corrected chi connectivity index (χ4v) is 4.40. The van der Waals surface area contributed by atoms with E-state index in [0.717, 1.165) is 38.4 Å². The molecule has 0 unspecified atom stereocenters. The Morgan fingerprint density at radius 2 is 1.65 bits per heavy atom. The van der Waals surface area contributed by atoms with Crippen LogP contribution in [0.4, 0.5) is 5.69 Å². The Kier molecular flexibility index (Phi) is 6.10. The molecular weight excluding hydrogens is 384 g/mol. The van der Waals surface area contributed by atoms with Crippen LogP contribution >= 0.6 is 0 Å². The number of rotatable bonds is 6. The van der Waals surface area contributed by atoms with Gasteiger partial charge < -0.3 is 4.90 Å². The van der Waals surface area contributed by atoms with Gasteiger partial charge in [-0.3, -0.25) is 4.90 Å². The molecule has 0 radical (unpaired) electrons. The maximum Gasteiger partial charge on any atom is 0.173 e. The molecule has 0 amide bonds. The molecule has 1 atom stereocenters. The minimum absolute atomic E-state index is 0.0442. The van der Waals surface area contributed by atoms with Crippen molar-refractivity contribution in [1.29, 1.82) is 0 Å². The van der Waals surface area contributed by atoms with Crippen LogP contribution in [0.5, 0.6) is 0 Å². The lowest BCUT2D eigenvalue weighted by molar-refractivity contribution is 0.187. The molecule has 0 aliphatic carbocycles. The van der Waals surface area contributed by atoms with Crippen LogP contribution < -0.4 is 4.90 Å². The SMILES string of the molecule is CCC(C)(C)n1nnnc1[C@H](c1ccccc1)N1CCN(c2cccc(C)c2C)CC1. The van der Waals surface area contributed by atoms with Crippen LogP contribution in [-0.2, 0) is 5.54 Å². The van der Waals surface area contributed by atoms with Crippen LogP contribution in [0.2, 0.25) is 0 Å². The van der Waals surface area contributed by atoms with Gasteiger partial charge in [0, 0.05) is 31.9 Å². The molecule has 164 valence electrons. The minimum Gasteiger partial charge on any atom is -0.369 e. The Labute approximate surface area is 185 Å². The van der Waals surface area contributed by atoms with Gasteiger partial charge in [0.05, 0.1) is 11.6 Å². The maximum atomic E-state index is 4.53. The molecule has 2 heterocycles. The van der Waals surface area contributed by atoms with Crippen LogP contribution in [0.25, 0.3) is 0 Å². The molecule has 4 rings (SSSR count). The molecule has 0 N–H and O–H groups in total. The van der Waals surface area contributed by atoms with Crippen LogP contribution in [0.3, 0.4) is 0 Å². The van der Waals surface area contributed by atoms with Gasteiger partial charge in [-0.2, -0.15) is 0 Å². The zero-order chi connectivity index (χ0) is 22.0. The number of hydrogen-bond donors (Lipinski definition) is 0. The molecule has 1 aliphatic rings. The molecule has 6 nitrogen and oxygen atoms in total. The average molecular weight is 419 g/mol. The molecule has 1 saturated heterocycles. The number of benzene rings is 2. The first kappa shape index (κ1) is 21.5. The van der Waals surface area contributed by atoms with Gasteiger partial charge in [-0.25, -0.2) is 4.68 Å². The van der Waals surface area contributed by atoms with E-state index in [1.165, 1.54) is 22.4 Å². The van der Waals surface area contributed by atoms with Crippen molar-refractivity contribution in [3.8, 4) is 0 Å². The van der Waals surface area contributed by atoms with Crippen molar-refractivity contribution in [3.63, 3.8) is 0 Å². The van der Waals surface area contributed by atoms with Crippen molar-refractivity contribution in [2.24, 2.45) is 0 Å². The Balaban J connectivity index is 1.63. The van der Waals surface area contributed by atoms with Gasteiger partial charge in [-0.1, -0.05) is 49.4 Å². The molecule has 1 aromatic heterocycles. The van der Waals surface area contributed by atoms with E-state index >= 15 is 0 Å². The summed E-state index contributed by atoms with van der Waals surface area (Å²) in [6.07, 6.45) is 0.965. The summed E-state index contributed by atoms with van der Waals surface area (Å²) >= 11 is 0. The first-order chi connectivity index (χ1) is 14.9. The highest BCUT2D eigenvalue weighted by Crippen LogP contribution is 2.32. The fraction of sp³-hybridized carbons (Fsp3) is 0.480. The van der Waals surface area contributed by atoms with Gasteiger partial charge in [0.25, 0.3) is 0 Å². The Morgan fingerprint density at radius 1 is 0.935 bits per heavy atom. The molecular formula is C25H34N6. The average Bonchev–Trinajstić information content (AvgIpc) is 3.28. The second-order valence-corrected chi connectivity index (χ2v) is 9.17. The van der Waals surface area contributed by atoms with Crippen molar-refractivity contribution in [2.75, 3.05) is 31.1 Å². The van der Waals surface area contributed by atoms with Gasteiger partial charge in [0.2, 0.25) is 0 Å². The molecule has 1 aliphatic heterocycles. The van der Waals surface area contributed by atoms with E-state index in [9.17, 15) is 0 Å². The highest BCUT2D eigenvalue weighted by atomic mass is 15.6. The number of aryl methyl sites for hydroxylation is 1. The monoisotopic (exact) mass is 418 g/mol. The summed E-state index contributed by atoms with van der Waals surface area (Å²) in [6.45, 7) is 14.9. The highest BCUT2D eigenvalue weighted by molar-refractivity contribution is 5.56. The molecule has 0 spiro atoms. The number of tetrazole rings is 1. The largest absolute Gasteiger partial charge is 0.369 e. The second kappa shape index (κ2) is 8.79. The zero-order valence-corrected chi connectivity index (χ0v) is 19.4. The van der Waals surface area contributed by atoms with E-state index in [1.807, 2.05) is 4.68 Å². The van der Waals surface area contributed by atoms with E-state index in [1.54, 1.807) is 0 Å². The molecule has 2 aromatic carbocycles. The van der Waals surface area contributed by atoms with Gasteiger partial charge >= 0.3 is 0 Å². The van der Waals surface area contributed by atoms with E-state index in [4.69, 9.17) is 0 Å². The molecule has 6 heteroatoms. The van der Waals surface area contributed by atoms with E-state index < -0.39 is 0 Å². The Hall–Kier alpha value is -2.73. The van der Waals surface area contributed by atoms with Gasteiger partial charge in [-0.05, 0) is 67.3 Å². The molecule has 1 fully saturated rings. The van der Waals surface area contributed by atoms with Crippen molar-refractivity contribution in [1.82, 2.24) is 25.1 Å². The fourth-order valence-electron chi connectivity index (χ4n) is 4.40. The van der Waals surface area contributed by atoms with Crippen molar-refractivity contribution >= 4 is 5.69 Å². The molecule has 31 heavy (non-hydrogen) atoms. The predicted octanol–water partition coefficient (Wildman–Crippen LogP) is 4.35. The molecule has 0 bridgehead atoms. The highest BCUT2D eigenvalue weighted by Gasteiger charge is 2.34. The predicted molar refractivity (Wildman–Crippen MR) is 125 cm³/mol. The third-order valence-electron chi connectivity index (χ3n) is 6.89. The maximum absolute atomic E-state index is 4.53. The van der Waals surface area contributed by atoms with E-state index in [0.29, 0.717) is 0 Å². The third-order valence-corrected chi connectivity index (χ3v) is 6.89. The lowest BCUT2D eigenvalue weighted by atomic mass is 9.99. The standard InChI is InChI=1S/C25H34N6/c1-6-25(4,5)31-24(26-27-28-31)23(21-12-8-7-9-13-21)30-17-15-29(16-18-30)22-14-10-11-19(2)20(22)3/h7-14,23H,6,15-18H2,1-5H3/t23-/m0/s1. The minimum atomic E-state index is -0.133. The summed E-state index contributed by atoms with van der Waals surface area (Å²) in [6, 6.07) is 17.3. The normalized spacial score (nSPS) is 16.5. The lowest BCUT2D eigenvalue weighted by Crippen LogP contribution is -2.49. The Bertz CT molecular complexity index is 1000. The summed E-state index contributed by atoms with van der Waals surface area (Å²) in [5, 5.41) is 13.0. The van der Waals surface area contributed by atoms with Gasteiger partial charge in [-0.15, -0.1) is 5.10 Å². The smallest absolute Gasteiger partial charge is 0.173 e. The first-order valence-electron chi connectivity index (χ1n) is 11.3. The summed E-state index contributed by atoms with van der Waals surface area (Å²) in [7, 11) is 0. The number of piperazine rings is 1. The summed E-state index contributed by atoms with van der Waals surface area (Å²) < 4.78 is 2.03. The van der Waals surface area contributed by atoms with Crippen LogP contribution in [-0.4, -0.2) is 51.3 Å². The van der Waals surface area contributed by atoms with E-state index in [-0.39, 0.29) is 11.6 Å². The van der Waals surface area contributed by atoms with Crippen LogP contribution in [0.1, 0.15) is 55.7 Å². The van der Waals surface area contributed by atoms with Crippen LogP contribution in [0.15, 0.2) is 48.5 Å². The summed E-state index contributed by atoms with van der Waals surface area (Å²) in [4.78, 5) is 5.05. The summed E-state index contributed by atoms with van der Waals surface area (Å²) in [5.74, 6) is 0.929. The van der Waals surface area contributed by atoms with Crippen molar-refractivity contribution in [3.05, 3.63) is 71.0 Å². The molecule has 0 saturated carbocycles. The first-order valence-corrected chi connectivity index (χ1v) is 11.3. The topological polar surface area (TPSA) is 50.1 Å². The van der Waals surface area contributed by atoms with Gasteiger partial charge in [0.15, 0.2) is 5.82 Å². The number of anilines is 1. The quantitative estimate of drug-likeness (QED) is 0.596. The number of hydrogen-bond acceptors (Lipinski definition) is 5. The van der Waals surface area contributed by atoms with Gasteiger partial charge in [0.1, 0.15) is 0 Å². The van der Waals surface area contributed by atoms with Crippen LogP contribution in [0, 0.1) is 13.8 Å². The van der Waals surface area contributed by atoms with E-state index in [2.05, 4.69) is 108 Å². The second-order valence-electron chi connectivity index (χ2n) is 9.17. The molecule has 3 aromatic rings. The third kappa shape index (κ3) is 4.22. The number of aromatic nitrogens is 4. The lowest BCUT2D eigenvalue weighted by Gasteiger charge is -2.41. The Morgan fingerprint density at radius 3 is 2.32 bits per heavy atom. The van der Waals surface area contributed by atoms with Crippen molar-refractivity contribution in [2.45, 2.75) is 52.6 Å². The van der Waals surface area contributed by atoms with Crippen molar-refractivity contribution < 1.29 is 0 Å². The zero-order valence-electron chi connectivity index (χ0n) is 19.4. The summed E-state index contributed by atoms with van der Waals surface area (Å²) in [5.41, 5.74) is 5.19.